The normalized spacial score (nSPS) is 22.4. The minimum absolute atomic E-state index is 0.507. The average Bonchev–Trinajstić information content (AvgIpc) is 2.20. The maximum atomic E-state index is 4.33. The molecule has 5 heteroatoms. The van der Waals surface area contributed by atoms with E-state index in [1.54, 1.807) is 6.33 Å². The second-order valence-electron chi connectivity index (χ2n) is 3.44. The highest BCUT2D eigenvalue weighted by Crippen LogP contribution is 2.20. The first-order valence-corrected chi connectivity index (χ1v) is 5.80. The van der Waals surface area contributed by atoms with E-state index in [0.717, 1.165) is 29.0 Å². The molecule has 0 aromatic carbocycles. The van der Waals surface area contributed by atoms with Gasteiger partial charge in [-0.05, 0) is 29.5 Å². The standard InChI is InChI=1S/C9H13IN4/c1-7-4-11-2-3-14(7)9-8(10)5-12-6-13-9/h5-7,11H,2-4H2,1H3. The molecule has 1 aliphatic rings. The van der Waals surface area contributed by atoms with Gasteiger partial charge in [-0.1, -0.05) is 0 Å². The van der Waals surface area contributed by atoms with E-state index in [4.69, 9.17) is 0 Å². The Bertz CT molecular complexity index is 317. The number of aromatic nitrogens is 2. The molecule has 0 amide bonds. The predicted molar refractivity (Wildman–Crippen MR) is 64.4 cm³/mol. The van der Waals surface area contributed by atoms with Gasteiger partial charge in [-0.25, -0.2) is 9.97 Å². The molecular formula is C9H13IN4. The Morgan fingerprint density at radius 3 is 3.21 bits per heavy atom. The van der Waals surface area contributed by atoms with E-state index < -0.39 is 0 Å². The van der Waals surface area contributed by atoms with Crippen molar-refractivity contribution in [1.82, 2.24) is 15.3 Å². The van der Waals surface area contributed by atoms with Gasteiger partial charge in [0.15, 0.2) is 0 Å². The molecule has 1 saturated heterocycles. The van der Waals surface area contributed by atoms with Gasteiger partial charge in [0.25, 0.3) is 0 Å². The topological polar surface area (TPSA) is 41.0 Å². The first-order chi connectivity index (χ1) is 6.79. The summed E-state index contributed by atoms with van der Waals surface area (Å²) >= 11 is 2.29. The summed E-state index contributed by atoms with van der Waals surface area (Å²) in [4.78, 5) is 10.7. The Balaban J connectivity index is 2.25. The van der Waals surface area contributed by atoms with Crippen LogP contribution < -0.4 is 10.2 Å². The van der Waals surface area contributed by atoms with Gasteiger partial charge < -0.3 is 10.2 Å². The van der Waals surface area contributed by atoms with E-state index in [9.17, 15) is 0 Å². The third-order valence-electron chi connectivity index (χ3n) is 2.42. The van der Waals surface area contributed by atoms with E-state index in [-0.39, 0.29) is 0 Å². The van der Waals surface area contributed by atoms with Crippen LogP contribution in [0.5, 0.6) is 0 Å². The molecule has 0 aliphatic carbocycles. The van der Waals surface area contributed by atoms with Gasteiger partial charge in [-0.2, -0.15) is 0 Å². The molecule has 1 aromatic heterocycles. The molecule has 0 radical (unpaired) electrons. The van der Waals surface area contributed by atoms with E-state index in [1.807, 2.05) is 6.20 Å². The lowest BCUT2D eigenvalue weighted by Gasteiger charge is -2.35. The zero-order chi connectivity index (χ0) is 9.97. The van der Waals surface area contributed by atoms with E-state index >= 15 is 0 Å². The van der Waals surface area contributed by atoms with Gasteiger partial charge >= 0.3 is 0 Å². The fourth-order valence-corrected chi connectivity index (χ4v) is 2.28. The van der Waals surface area contributed by atoms with Gasteiger partial charge in [-0.15, -0.1) is 0 Å². The van der Waals surface area contributed by atoms with Crippen LogP contribution in [0.1, 0.15) is 6.92 Å². The lowest BCUT2D eigenvalue weighted by molar-refractivity contribution is 0.496. The second kappa shape index (κ2) is 4.39. The van der Waals surface area contributed by atoms with Crippen LogP contribution in [0, 0.1) is 3.57 Å². The van der Waals surface area contributed by atoms with E-state index in [2.05, 4.69) is 49.7 Å². The minimum Gasteiger partial charge on any atom is -0.350 e. The molecule has 1 fully saturated rings. The fraction of sp³-hybridized carbons (Fsp3) is 0.556. The zero-order valence-corrected chi connectivity index (χ0v) is 10.2. The number of halogens is 1. The number of anilines is 1. The molecular weight excluding hydrogens is 291 g/mol. The third kappa shape index (κ3) is 1.98. The number of nitrogens with zero attached hydrogens (tertiary/aromatic N) is 3. The summed E-state index contributed by atoms with van der Waals surface area (Å²) in [6.07, 6.45) is 3.48. The van der Waals surface area contributed by atoms with Crippen molar-refractivity contribution in [3.05, 3.63) is 16.1 Å². The van der Waals surface area contributed by atoms with Crippen LogP contribution in [0.15, 0.2) is 12.5 Å². The molecule has 2 heterocycles. The average molecular weight is 304 g/mol. The Morgan fingerprint density at radius 1 is 1.64 bits per heavy atom. The van der Waals surface area contributed by atoms with Crippen LogP contribution in [0.3, 0.4) is 0 Å². The van der Waals surface area contributed by atoms with Gasteiger partial charge in [0.2, 0.25) is 0 Å². The van der Waals surface area contributed by atoms with Gasteiger partial charge in [0, 0.05) is 31.9 Å². The molecule has 1 atom stereocenters. The number of hydrogen-bond acceptors (Lipinski definition) is 4. The van der Waals surface area contributed by atoms with Crippen molar-refractivity contribution in [2.45, 2.75) is 13.0 Å². The summed E-state index contributed by atoms with van der Waals surface area (Å²) in [6, 6.07) is 0.507. The summed E-state index contributed by atoms with van der Waals surface area (Å²) in [5.41, 5.74) is 0. The maximum absolute atomic E-state index is 4.33. The molecule has 1 aromatic rings. The Kier molecular flexibility index (Phi) is 3.17. The Morgan fingerprint density at radius 2 is 2.50 bits per heavy atom. The molecule has 0 spiro atoms. The van der Waals surface area contributed by atoms with Crippen molar-refractivity contribution >= 4 is 28.4 Å². The van der Waals surface area contributed by atoms with Crippen LogP contribution in [0.2, 0.25) is 0 Å². The van der Waals surface area contributed by atoms with Crippen molar-refractivity contribution in [3.8, 4) is 0 Å². The quantitative estimate of drug-likeness (QED) is 0.782. The summed E-state index contributed by atoms with van der Waals surface area (Å²) < 4.78 is 1.12. The summed E-state index contributed by atoms with van der Waals surface area (Å²) in [6.45, 7) is 5.29. The largest absolute Gasteiger partial charge is 0.350 e. The molecule has 2 rings (SSSR count). The molecule has 1 unspecified atom stereocenters. The summed E-state index contributed by atoms with van der Waals surface area (Å²) in [7, 11) is 0. The van der Waals surface area contributed by atoms with Crippen LogP contribution >= 0.6 is 22.6 Å². The van der Waals surface area contributed by atoms with Crippen LogP contribution in [0.4, 0.5) is 5.82 Å². The number of rotatable bonds is 1. The summed E-state index contributed by atoms with van der Waals surface area (Å²) in [5.74, 6) is 1.06. The number of nitrogens with one attached hydrogen (secondary N) is 1. The molecule has 1 aliphatic heterocycles. The molecule has 14 heavy (non-hydrogen) atoms. The van der Waals surface area contributed by atoms with Crippen molar-refractivity contribution in [2.24, 2.45) is 0 Å². The van der Waals surface area contributed by atoms with Crippen molar-refractivity contribution < 1.29 is 0 Å². The van der Waals surface area contributed by atoms with Crippen molar-refractivity contribution in [1.29, 1.82) is 0 Å². The zero-order valence-electron chi connectivity index (χ0n) is 8.07. The Labute approximate surface area is 97.3 Å². The first kappa shape index (κ1) is 10.1. The Hall–Kier alpha value is -0.430. The third-order valence-corrected chi connectivity index (χ3v) is 3.18. The van der Waals surface area contributed by atoms with Gasteiger partial charge in [-0.3, -0.25) is 0 Å². The summed E-state index contributed by atoms with van der Waals surface area (Å²) in [5, 5.41) is 3.37. The number of hydrogen-bond donors (Lipinski definition) is 1. The lowest BCUT2D eigenvalue weighted by Crippen LogP contribution is -2.50. The predicted octanol–water partition coefficient (Wildman–Crippen LogP) is 0.879. The second-order valence-corrected chi connectivity index (χ2v) is 4.60. The van der Waals surface area contributed by atoms with Crippen molar-refractivity contribution in [2.75, 3.05) is 24.5 Å². The molecule has 0 saturated carbocycles. The monoisotopic (exact) mass is 304 g/mol. The van der Waals surface area contributed by atoms with Gasteiger partial charge in [0.1, 0.15) is 12.1 Å². The van der Waals surface area contributed by atoms with Crippen molar-refractivity contribution in [3.63, 3.8) is 0 Å². The van der Waals surface area contributed by atoms with Crippen LogP contribution in [0.25, 0.3) is 0 Å². The highest BCUT2D eigenvalue weighted by molar-refractivity contribution is 14.1. The fourth-order valence-electron chi connectivity index (χ4n) is 1.67. The lowest BCUT2D eigenvalue weighted by atomic mass is 10.2. The highest BCUT2D eigenvalue weighted by atomic mass is 127. The SMILES string of the molecule is CC1CNCCN1c1ncncc1I. The first-order valence-electron chi connectivity index (χ1n) is 4.72. The van der Waals surface area contributed by atoms with Gasteiger partial charge in [0.05, 0.1) is 3.57 Å². The maximum Gasteiger partial charge on any atom is 0.145 e. The minimum atomic E-state index is 0.507. The molecule has 0 bridgehead atoms. The smallest absolute Gasteiger partial charge is 0.145 e. The molecule has 4 nitrogen and oxygen atoms in total. The molecule has 1 N–H and O–H groups in total. The van der Waals surface area contributed by atoms with E-state index in [1.165, 1.54) is 0 Å². The van der Waals surface area contributed by atoms with Crippen LogP contribution in [-0.4, -0.2) is 35.6 Å². The molecule has 76 valence electrons. The van der Waals surface area contributed by atoms with E-state index in [0.29, 0.717) is 6.04 Å². The highest BCUT2D eigenvalue weighted by Gasteiger charge is 2.20. The van der Waals surface area contributed by atoms with Crippen LogP contribution in [-0.2, 0) is 0 Å². The number of piperazine rings is 1.